The van der Waals surface area contributed by atoms with Crippen molar-refractivity contribution in [2.45, 2.75) is 56.2 Å². The van der Waals surface area contributed by atoms with E-state index in [1.165, 1.54) is 36.4 Å². The zero-order valence-electron chi connectivity index (χ0n) is 22.8. The summed E-state index contributed by atoms with van der Waals surface area (Å²) in [5, 5.41) is 11.0. The Bertz CT molecular complexity index is 1530. The van der Waals surface area contributed by atoms with Crippen molar-refractivity contribution in [1.29, 1.82) is 0 Å². The molecule has 7 nitrogen and oxygen atoms in total. The highest BCUT2D eigenvalue weighted by Crippen LogP contribution is 2.33. The number of benzene rings is 3. The Morgan fingerprint density at radius 3 is 2.34 bits per heavy atom. The Labute approximate surface area is 237 Å². The van der Waals surface area contributed by atoms with Crippen LogP contribution in [-0.4, -0.2) is 49.2 Å². The minimum atomic E-state index is -4.46. The topological polar surface area (TPSA) is 99.1 Å². The Morgan fingerprint density at radius 1 is 1.07 bits per heavy atom. The molecule has 2 N–H and O–H groups in total. The van der Waals surface area contributed by atoms with Gasteiger partial charge < -0.3 is 10.0 Å². The van der Waals surface area contributed by atoms with Crippen LogP contribution in [0.3, 0.4) is 0 Å². The molecule has 0 unspecified atom stereocenters. The number of hydrogen-bond donors (Lipinski definition) is 2. The summed E-state index contributed by atoms with van der Waals surface area (Å²) in [4.78, 5) is 19.0. The SMILES string of the molecule is C/C=N\c1c(CC)cccc1S(=O)(=O)Nc1ccc(C(=O)N2CCC(O)(Cc3cccc(C(F)(F)F)c3)CC2)cc1. The van der Waals surface area contributed by atoms with Crippen molar-refractivity contribution in [2.75, 3.05) is 17.8 Å². The molecule has 0 aromatic heterocycles. The molecule has 1 heterocycles. The van der Waals surface area contributed by atoms with E-state index in [0.29, 0.717) is 23.2 Å². The average Bonchev–Trinajstić information content (AvgIpc) is 2.93. The lowest BCUT2D eigenvalue weighted by Crippen LogP contribution is -2.47. The first-order valence-electron chi connectivity index (χ1n) is 13.3. The van der Waals surface area contributed by atoms with Crippen molar-refractivity contribution in [2.24, 2.45) is 4.99 Å². The fraction of sp³-hybridized carbons (Fsp3) is 0.333. The summed E-state index contributed by atoms with van der Waals surface area (Å²) < 4.78 is 68.0. The van der Waals surface area contributed by atoms with Gasteiger partial charge in [0.05, 0.1) is 16.9 Å². The highest BCUT2D eigenvalue weighted by Gasteiger charge is 2.36. The third kappa shape index (κ3) is 7.15. The molecule has 0 bridgehead atoms. The number of rotatable bonds is 8. The number of aryl methyl sites for hydroxylation is 1. The molecular weight excluding hydrogens is 555 g/mol. The van der Waals surface area contributed by atoms with Crippen LogP contribution in [-0.2, 0) is 29.0 Å². The van der Waals surface area contributed by atoms with Crippen LogP contribution < -0.4 is 4.72 Å². The number of alkyl halides is 3. The van der Waals surface area contributed by atoms with Gasteiger partial charge in [-0.25, -0.2) is 8.42 Å². The van der Waals surface area contributed by atoms with Crippen molar-refractivity contribution >= 4 is 33.5 Å². The van der Waals surface area contributed by atoms with E-state index in [1.807, 2.05) is 13.0 Å². The van der Waals surface area contributed by atoms with Gasteiger partial charge in [-0.3, -0.25) is 14.5 Å². The van der Waals surface area contributed by atoms with Crippen molar-refractivity contribution in [3.05, 3.63) is 89.0 Å². The Morgan fingerprint density at radius 2 is 1.73 bits per heavy atom. The molecule has 11 heteroatoms. The Hall–Kier alpha value is -3.70. The van der Waals surface area contributed by atoms with Gasteiger partial charge in [-0.05, 0) is 73.7 Å². The summed E-state index contributed by atoms with van der Waals surface area (Å²) in [7, 11) is -3.95. The van der Waals surface area contributed by atoms with Crippen molar-refractivity contribution in [3.8, 4) is 0 Å². The maximum atomic E-state index is 13.2. The van der Waals surface area contributed by atoms with Crippen molar-refractivity contribution in [1.82, 2.24) is 4.90 Å². The molecule has 3 aromatic carbocycles. The number of piperidine rings is 1. The molecule has 3 aromatic rings. The molecule has 41 heavy (non-hydrogen) atoms. The zero-order valence-corrected chi connectivity index (χ0v) is 23.6. The monoisotopic (exact) mass is 587 g/mol. The predicted octanol–water partition coefficient (Wildman–Crippen LogP) is 6.00. The number of aliphatic imine (C=N–C) groups is 1. The molecule has 0 radical (unpaired) electrons. The molecule has 1 fully saturated rings. The largest absolute Gasteiger partial charge is 0.416 e. The molecule has 0 saturated carbocycles. The lowest BCUT2D eigenvalue weighted by molar-refractivity contribution is -0.137. The van der Waals surface area contributed by atoms with E-state index in [-0.39, 0.29) is 48.8 Å². The molecule has 1 amide bonds. The number of nitrogens with one attached hydrogen (secondary N) is 1. The van der Waals surface area contributed by atoms with Crippen LogP contribution in [0.5, 0.6) is 0 Å². The first kappa shape index (κ1) is 30.3. The molecule has 1 aliphatic heterocycles. The van der Waals surface area contributed by atoms with E-state index in [1.54, 1.807) is 30.2 Å². The quantitative estimate of drug-likeness (QED) is 0.316. The van der Waals surface area contributed by atoms with Crippen molar-refractivity contribution in [3.63, 3.8) is 0 Å². The van der Waals surface area contributed by atoms with E-state index >= 15 is 0 Å². The summed E-state index contributed by atoms with van der Waals surface area (Å²) in [5.41, 5.74) is 0.213. The molecular formula is C30H32F3N3O4S. The van der Waals surface area contributed by atoms with E-state index in [2.05, 4.69) is 9.71 Å². The van der Waals surface area contributed by atoms with E-state index < -0.39 is 27.4 Å². The highest BCUT2D eigenvalue weighted by molar-refractivity contribution is 7.92. The molecule has 0 spiro atoms. The molecule has 218 valence electrons. The molecule has 0 aliphatic carbocycles. The molecule has 1 saturated heterocycles. The second kappa shape index (κ2) is 12.0. The predicted molar refractivity (Wildman–Crippen MR) is 152 cm³/mol. The number of sulfonamides is 1. The number of likely N-dealkylation sites (tertiary alicyclic amines) is 1. The van der Waals surface area contributed by atoms with E-state index in [4.69, 9.17) is 0 Å². The summed E-state index contributed by atoms with van der Waals surface area (Å²) in [6.07, 6.45) is -1.82. The van der Waals surface area contributed by atoms with Crippen LogP contribution in [0.4, 0.5) is 24.5 Å². The van der Waals surface area contributed by atoms with Gasteiger partial charge in [0.1, 0.15) is 4.90 Å². The smallest absolute Gasteiger partial charge is 0.389 e. The van der Waals surface area contributed by atoms with Crippen LogP contribution in [0, 0.1) is 0 Å². The van der Waals surface area contributed by atoms with Gasteiger partial charge in [-0.15, -0.1) is 0 Å². The van der Waals surface area contributed by atoms with Gasteiger partial charge >= 0.3 is 6.18 Å². The Kier molecular flexibility index (Phi) is 8.89. The first-order valence-corrected chi connectivity index (χ1v) is 14.7. The van der Waals surface area contributed by atoms with E-state index in [9.17, 15) is 31.5 Å². The number of aliphatic hydroxyl groups is 1. The lowest BCUT2D eigenvalue weighted by atomic mass is 9.85. The fourth-order valence-electron chi connectivity index (χ4n) is 4.96. The second-order valence-corrected chi connectivity index (χ2v) is 11.7. The van der Waals surface area contributed by atoms with Gasteiger partial charge in [0.2, 0.25) is 0 Å². The van der Waals surface area contributed by atoms with Crippen LogP contribution in [0.1, 0.15) is 53.7 Å². The summed E-state index contributed by atoms with van der Waals surface area (Å²) in [5.74, 6) is -0.282. The summed E-state index contributed by atoms with van der Waals surface area (Å²) in [6.45, 7) is 4.10. The first-order chi connectivity index (χ1) is 19.3. The number of amides is 1. The normalized spacial score (nSPS) is 15.7. The average molecular weight is 588 g/mol. The number of halogens is 3. The third-order valence-corrected chi connectivity index (χ3v) is 8.58. The number of carbonyl (C=O) groups is 1. The number of para-hydroxylation sites is 1. The number of anilines is 1. The van der Waals surface area contributed by atoms with Crippen LogP contribution in [0.2, 0.25) is 0 Å². The van der Waals surface area contributed by atoms with Gasteiger partial charge in [-0.1, -0.05) is 37.3 Å². The highest BCUT2D eigenvalue weighted by atomic mass is 32.2. The zero-order chi connectivity index (χ0) is 29.8. The number of carbonyl (C=O) groups excluding carboxylic acids is 1. The molecule has 0 atom stereocenters. The lowest BCUT2D eigenvalue weighted by Gasteiger charge is -2.38. The number of hydrogen-bond acceptors (Lipinski definition) is 5. The minimum Gasteiger partial charge on any atom is -0.389 e. The molecule has 1 aliphatic rings. The van der Waals surface area contributed by atoms with Crippen LogP contribution in [0.25, 0.3) is 0 Å². The van der Waals surface area contributed by atoms with Crippen LogP contribution in [0.15, 0.2) is 76.6 Å². The van der Waals surface area contributed by atoms with E-state index in [0.717, 1.165) is 17.7 Å². The van der Waals surface area contributed by atoms with Gasteiger partial charge in [-0.2, -0.15) is 13.2 Å². The maximum Gasteiger partial charge on any atom is 0.416 e. The van der Waals surface area contributed by atoms with Crippen molar-refractivity contribution < 1.29 is 31.5 Å². The summed E-state index contributed by atoms with van der Waals surface area (Å²) in [6, 6.07) is 16.0. The Balaban J connectivity index is 1.40. The van der Waals surface area contributed by atoms with Crippen LogP contribution >= 0.6 is 0 Å². The second-order valence-electron chi connectivity index (χ2n) is 10.1. The number of nitrogens with zero attached hydrogens (tertiary/aromatic N) is 2. The minimum absolute atomic E-state index is 0.0558. The maximum absolute atomic E-state index is 13.2. The van der Waals surface area contributed by atoms with Gasteiger partial charge in [0.25, 0.3) is 15.9 Å². The fourth-order valence-corrected chi connectivity index (χ4v) is 6.21. The summed E-state index contributed by atoms with van der Waals surface area (Å²) >= 11 is 0. The standard InChI is InChI=1S/C30H32F3N3O4S/c1-3-22-8-6-10-26(27(22)34-4-2)41(39,40)35-25-13-11-23(12-14-25)28(37)36-17-15-29(38,16-18-36)20-21-7-5-9-24(19-21)30(31,32)33/h4-14,19,35,38H,3,15-18,20H2,1-2H3/b34-4-. The van der Waals surface area contributed by atoms with Gasteiger partial charge in [0, 0.05) is 37.0 Å². The van der Waals surface area contributed by atoms with Gasteiger partial charge in [0.15, 0.2) is 0 Å². The third-order valence-electron chi connectivity index (χ3n) is 7.16. The molecule has 4 rings (SSSR count).